The van der Waals surface area contributed by atoms with Gasteiger partial charge in [0.05, 0.1) is 29.9 Å². The Bertz CT molecular complexity index is 1570. The Morgan fingerprint density at radius 1 is 1.03 bits per heavy atom. The number of benzene rings is 1. The van der Waals surface area contributed by atoms with Gasteiger partial charge in [0.2, 0.25) is 0 Å². The fourth-order valence-electron chi connectivity index (χ4n) is 5.53. The summed E-state index contributed by atoms with van der Waals surface area (Å²) in [6.45, 7) is 11.2. The molecule has 1 aromatic carbocycles. The van der Waals surface area contributed by atoms with Crippen molar-refractivity contribution >= 4 is 34.0 Å². The Morgan fingerprint density at radius 2 is 1.77 bits per heavy atom. The lowest BCUT2D eigenvalue weighted by molar-refractivity contribution is 0.0158. The highest BCUT2D eigenvalue weighted by atomic mass is 16.6. The highest BCUT2D eigenvalue weighted by Crippen LogP contribution is 2.38. The van der Waals surface area contributed by atoms with E-state index in [4.69, 9.17) is 23.9 Å². The van der Waals surface area contributed by atoms with Crippen LogP contribution < -0.4 is 9.64 Å². The van der Waals surface area contributed by atoms with Gasteiger partial charge in [0, 0.05) is 37.2 Å². The number of carbonyl (C=O) groups excluding carboxylic acids is 1. The van der Waals surface area contributed by atoms with Gasteiger partial charge in [-0.25, -0.2) is 19.7 Å². The van der Waals surface area contributed by atoms with Crippen LogP contribution in [0.15, 0.2) is 34.7 Å². The third kappa shape index (κ3) is 4.86. The van der Waals surface area contributed by atoms with E-state index in [-0.39, 0.29) is 18.2 Å². The standard InChI is InChI=1S/C30H35N5O4/c1-17-27-25(38-18(2)31-27)15-21(28(17)37-6)22-9-10-24-23(32-22)11-12-26(33-24)34-14-13-20(16-34)35(19-7-8-19)29(36)39-30(3,4)5/h9-12,15,19-20H,7-8,13-14,16H2,1-6H3. The smallest absolute Gasteiger partial charge is 0.410 e. The summed E-state index contributed by atoms with van der Waals surface area (Å²) in [5, 5.41) is 0. The van der Waals surface area contributed by atoms with E-state index in [1.165, 1.54) is 0 Å². The number of aromatic nitrogens is 3. The van der Waals surface area contributed by atoms with Crippen molar-refractivity contribution in [3.63, 3.8) is 0 Å². The summed E-state index contributed by atoms with van der Waals surface area (Å²) >= 11 is 0. The third-order valence-electron chi connectivity index (χ3n) is 7.41. The molecule has 0 bridgehead atoms. The van der Waals surface area contributed by atoms with E-state index in [0.29, 0.717) is 11.5 Å². The second kappa shape index (κ2) is 9.39. The minimum atomic E-state index is -0.503. The fourth-order valence-corrected chi connectivity index (χ4v) is 5.53. The molecular formula is C30H35N5O4. The Morgan fingerprint density at radius 3 is 2.49 bits per heavy atom. The Hall–Kier alpha value is -3.88. The number of anilines is 1. The molecule has 1 aliphatic heterocycles. The molecule has 2 aliphatic rings. The Labute approximate surface area is 228 Å². The molecule has 1 atom stereocenters. The van der Waals surface area contributed by atoms with Crippen LogP contribution in [0.1, 0.15) is 51.5 Å². The lowest BCUT2D eigenvalue weighted by atomic mass is 10.0. The van der Waals surface area contributed by atoms with Gasteiger partial charge in [-0.15, -0.1) is 0 Å². The molecule has 2 fully saturated rings. The summed E-state index contributed by atoms with van der Waals surface area (Å²) in [5.74, 6) is 2.25. The van der Waals surface area contributed by atoms with Gasteiger partial charge in [-0.1, -0.05) is 0 Å². The number of ether oxygens (including phenoxy) is 2. The second-order valence-corrected chi connectivity index (χ2v) is 11.6. The minimum Gasteiger partial charge on any atom is -0.496 e. The second-order valence-electron chi connectivity index (χ2n) is 11.6. The fraction of sp³-hybridized carbons (Fsp3) is 0.467. The number of nitrogens with zero attached hydrogens (tertiary/aromatic N) is 5. The van der Waals surface area contributed by atoms with Crippen molar-refractivity contribution < 1.29 is 18.7 Å². The molecule has 1 saturated carbocycles. The monoisotopic (exact) mass is 529 g/mol. The lowest BCUT2D eigenvalue weighted by Crippen LogP contribution is -2.46. The topological polar surface area (TPSA) is 93.8 Å². The van der Waals surface area contributed by atoms with Gasteiger partial charge >= 0.3 is 6.09 Å². The van der Waals surface area contributed by atoms with Gasteiger partial charge in [-0.2, -0.15) is 0 Å². The van der Waals surface area contributed by atoms with Crippen molar-refractivity contribution in [1.29, 1.82) is 0 Å². The summed E-state index contributed by atoms with van der Waals surface area (Å²) in [7, 11) is 1.66. The van der Waals surface area contributed by atoms with Crippen molar-refractivity contribution in [3.05, 3.63) is 41.8 Å². The SMILES string of the molecule is COc1c(-c2ccc3nc(N4CCC(N(C(=O)OC(C)(C)C)C5CC5)C4)ccc3n2)cc2oc(C)nc2c1C. The van der Waals surface area contributed by atoms with Gasteiger partial charge in [0.25, 0.3) is 0 Å². The van der Waals surface area contributed by atoms with E-state index < -0.39 is 5.60 Å². The summed E-state index contributed by atoms with van der Waals surface area (Å²) in [6.07, 6.45) is 2.79. The molecule has 6 rings (SSSR count). The first-order valence-electron chi connectivity index (χ1n) is 13.6. The highest BCUT2D eigenvalue weighted by molar-refractivity contribution is 5.89. The average Bonchev–Trinajstić information content (AvgIpc) is 3.45. The Balaban J connectivity index is 1.25. The van der Waals surface area contributed by atoms with Crippen LogP contribution in [0.25, 0.3) is 33.4 Å². The zero-order valence-corrected chi connectivity index (χ0v) is 23.4. The van der Waals surface area contributed by atoms with Crippen molar-refractivity contribution in [2.45, 2.75) is 71.6 Å². The predicted octanol–water partition coefficient (Wildman–Crippen LogP) is 6.04. The number of hydrogen-bond donors (Lipinski definition) is 0. The van der Waals surface area contributed by atoms with Crippen LogP contribution in [0.4, 0.5) is 10.6 Å². The molecule has 4 aromatic rings. The van der Waals surface area contributed by atoms with Crippen molar-refractivity contribution in [2.24, 2.45) is 0 Å². The molecule has 1 unspecified atom stereocenters. The van der Waals surface area contributed by atoms with Crippen LogP contribution >= 0.6 is 0 Å². The van der Waals surface area contributed by atoms with Crippen LogP contribution in [0, 0.1) is 13.8 Å². The third-order valence-corrected chi connectivity index (χ3v) is 7.41. The van der Waals surface area contributed by atoms with Crippen LogP contribution in [0.2, 0.25) is 0 Å². The molecule has 4 heterocycles. The van der Waals surface area contributed by atoms with Gasteiger partial charge in [0.1, 0.15) is 22.7 Å². The highest BCUT2D eigenvalue weighted by Gasteiger charge is 2.42. The molecular weight excluding hydrogens is 494 g/mol. The number of carbonyl (C=O) groups is 1. The largest absolute Gasteiger partial charge is 0.496 e. The zero-order chi connectivity index (χ0) is 27.5. The molecule has 204 valence electrons. The number of aryl methyl sites for hydroxylation is 2. The molecule has 39 heavy (non-hydrogen) atoms. The quantitative estimate of drug-likeness (QED) is 0.309. The minimum absolute atomic E-state index is 0.121. The number of pyridine rings is 2. The lowest BCUT2D eigenvalue weighted by Gasteiger charge is -2.31. The zero-order valence-electron chi connectivity index (χ0n) is 23.4. The molecule has 0 spiro atoms. The van der Waals surface area contributed by atoms with Crippen molar-refractivity contribution in [2.75, 3.05) is 25.1 Å². The first kappa shape index (κ1) is 25.4. The molecule has 0 radical (unpaired) electrons. The van der Waals surface area contributed by atoms with E-state index in [1.54, 1.807) is 7.11 Å². The van der Waals surface area contributed by atoms with Gasteiger partial charge in [0.15, 0.2) is 11.5 Å². The van der Waals surface area contributed by atoms with Crippen molar-refractivity contribution in [3.8, 4) is 17.0 Å². The van der Waals surface area contributed by atoms with E-state index in [9.17, 15) is 4.79 Å². The van der Waals surface area contributed by atoms with Crippen molar-refractivity contribution in [1.82, 2.24) is 19.9 Å². The number of hydrogen-bond acceptors (Lipinski definition) is 8. The number of fused-ring (bicyclic) bond motifs is 2. The maximum atomic E-state index is 13.0. The van der Waals surface area contributed by atoms with Crippen LogP contribution in [0.5, 0.6) is 5.75 Å². The molecule has 1 aliphatic carbocycles. The summed E-state index contributed by atoms with van der Waals surface area (Å²) < 4.78 is 17.3. The van der Waals surface area contributed by atoms with Gasteiger partial charge in [-0.3, -0.25) is 0 Å². The number of methoxy groups -OCH3 is 1. The molecule has 0 N–H and O–H groups in total. The molecule has 9 heteroatoms. The van der Waals surface area contributed by atoms with E-state index in [0.717, 1.165) is 77.3 Å². The first-order chi connectivity index (χ1) is 18.6. The van der Waals surface area contributed by atoms with Crippen LogP contribution in [0.3, 0.4) is 0 Å². The maximum Gasteiger partial charge on any atom is 0.410 e. The average molecular weight is 530 g/mol. The molecule has 3 aromatic heterocycles. The maximum absolute atomic E-state index is 13.0. The van der Waals surface area contributed by atoms with E-state index >= 15 is 0 Å². The molecule has 9 nitrogen and oxygen atoms in total. The number of rotatable bonds is 5. The summed E-state index contributed by atoms with van der Waals surface area (Å²) in [4.78, 5) is 31.6. The molecule has 1 saturated heterocycles. The predicted molar refractivity (Wildman–Crippen MR) is 150 cm³/mol. The van der Waals surface area contributed by atoms with E-state index in [1.807, 2.05) is 69.9 Å². The van der Waals surface area contributed by atoms with E-state index in [2.05, 4.69) is 9.88 Å². The first-order valence-corrected chi connectivity index (χ1v) is 13.6. The number of amides is 1. The van der Waals surface area contributed by atoms with Gasteiger partial charge in [-0.05, 0) is 77.3 Å². The van der Waals surface area contributed by atoms with Crippen LogP contribution in [-0.4, -0.2) is 63.8 Å². The normalized spacial score (nSPS) is 17.7. The molecule has 1 amide bonds. The number of oxazole rings is 1. The van der Waals surface area contributed by atoms with Crippen LogP contribution in [-0.2, 0) is 4.74 Å². The van der Waals surface area contributed by atoms with Gasteiger partial charge < -0.3 is 23.7 Å². The Kier molecular flexibility index (Phi) is 6.12. The summed E-state index contributed by atoms with van der Waals surface area (Å²) in [5.41, 5.74) is 5.19. The summed E-state index contributed by atoms with van der Waals surface area (Å²) in [6, 6.07) is 10.3.